The molecule has 2 atom stereocenters. The largest absolute Gasteiger partial charge is 0.365 e. The van der Waals surface area contributed by atoms with Gasteiger partial charge in [-0.1, -0.05) is 13.8 Å². The third kappa shape index (κ3) is 2.98. The van der Waals surface area contributed by atoms with Gasteiger partial charge in [0, 0.05) is 30.4 Å². The molecule has 1 aliphatic heterocycles. The molecule has 0 spiro atoms. The van der Waals surface area contributed by atoms with E-state index >= 15 is 0 Å². The van der Waals surface area contributed by atoms with E-state index in [1.807, 2.05) is 12.1 Å². The molecule has 1 aromatic carbocycles. The molecule has 1 aliphatic carbocycles. The lowest BCUT2D eigenvalue weighted by atomic mass is 9.87. The van der Waals surface area contributed by atoms with Gasteiger partial charge >= 0.3 is 0 Å². The van der Waals surface area contributed by atoms with Crippen molar-refractivity contribution in [3.63, 3.8) is 0 Å². The van der Waals surface area contributed by atoms with Crippen LogP contribution in [0.25, 0.3) is 0 Å². The molecule has 1 aromatic rings. The summed E-state index contributed by atoms with van der Waals surface area (Å²) in [4.78, 5) is 2.48. The van der Waals surface area contributed by atoms with E-state index in [0.29, 0.717) is 16.4 Å². The van der Waals surface area contributed by atoms with Gasteiger partial charge in [-0.3, -0.25) is 0 Å². The Morgan fingerprint density at radius 3 is 2.67 bits per heavy atom. The van der Waals surface area contributed by atoms with Crippen molar-refractivity contribution in [2.75, 3.05) is 18.0 Å². The summed E-state index contributed by atoms with van der Waals surface area (Å²) >= 11 is 3.32. The van der Waals surface area contributed by atoms with Crippen LogP contribution in [0, 0.1) is 17.7 Å². The summed E-state index contributed by atoms with van der Waals surface area (Å²) in [5.74, 6) is 1.15. The Hall–Kier alpha value is -0.610. The first kappa shape index (κ1) is 15.3. The highest BCUT2D eigenvalue weighted by molar-refractivity contribution is 9.10. The lowest BCUT2D eigenvalue weighted by Crippen LogP contribution is -2.65. The number of piperazine rings is 1. The Balaban J connectivity index is 1.91. The smallest absolute Gasteiger partial charge is 0.137 e. The number of anilines is 1. The summed E-state index contributed by atoms with van der Waals surface area (Å²) in [5.41, 5.74) is 1.31. The highest BCUT2D eigenvalue weighted by atomic mass is 79.9. The predicted octanol–water partition coefficient (Wildman–Crippen LogP) is 4.19. The van der Waals surface area contributed by atoms with E-state index in [4.69, 9.17) is 0 Å². The minimum atomic E-state index is -0.195. The van der Waals surface area contributed by atoms with Gasteiger partial charge in [-0.25, -0.2) is 4.39 Å². The van der Waals surface area contributed by atoms with Crippen LogP contribution in [0.3, 0.4) is 0 Å². The van der Waals surface area contributed by atoms with E-state index in [1.54, 1.807) is 6.07 Å². The van der Waals surface area contributed by atoms with Crippen molar-refractivity contribution in [1.29, 1.82) is 0 Å². The molecule has 2 aliphatic rings. The van der Waals surface area contributed by atoms with Crippen molar-refractivity contribution >= 4 is 21.6 Å². The number of halogens is 2. The molecule has 0 aromatic heterocycles. The monoisotopic (exact) mass is 354 g/mol. The average molecular weight is 355 g/mol. The van der Waals surface area contributed by atoms with Gasteiger partial charge in [0.2, 0.25) is 0 Å². The van der Waals surface area contributed by atoms with Gasteiger partial charge < -0.3 is 10.2 Å². The SMILES string of the molecule is CC(C)C1CNC(C)(C2CC2)CN1c1ccc(F)c(Br)c1. The summed E-state index contributed by atoms with van der Waals surface area (Å²) < 4.78 is 14.1. The molecule has 2 unspecified atom stereocenters. The van der Waals surface area contributed by atoms with Crippen LogP contribution in [0.4, 0.5) is 10.1 Å². The lowest BCUT2D eigenvalue weighted by molar-refractivity contribution is 0.233. The predicted molar refractivity (Wildman–Crippen MR) is 89.2 cm³/mol. The van der Waals surface area contributed by atoms with Crippen molar-refractivity contribution in [2.24, 2.45) is 11.8 Å². The zero-order valence-corrected chi connectivity index (χ0v) is 14.6. The van der Waals surface area contributed by atoms with Gasteiger partial charge in [0.1, 0.15) is 5.82 Å². The second-order valence-corrected chi connectivity index (χ2v) is 7.96. The maximum absolute atomic E-state index is 13.5. The van der Waals surface area contributed by atoms with Crippen LogP contribution in [0.15, 0.2) is 22.7 Å². The first-order chi connectivity index (χ1) is 9.90. The minimum Gasteiger partial charge on any atom is -0.365 e. The van der Waals surface area contributed by atoms with Gasteiger partial charge in [-0.15, -0.1) is 0 Å². The molecule has 21 heavy (non-hydrogen) atoms. The summed E-state index contributed by atoms with van der Waals surface area (Å²) in [6.45, 7) is 8.86. The van der Waals surface area contributed by atoms with Crippen LogP contribution < -0.4 is 10.2 Å². The number of nitrogens with zero attached hydrogens (tertiary/aromatic N) is 1. The highest BCUT2D eigenvalue weighted by Gasteiger charge is 2.46. The Morgan fingerprint density at radius 2 is 2.10 bits per heavy atom. The van der Waals surface area contributed by atoms with Crippen molar-refractivity contribution in [1.82, 2.24) is 5.32 Å². The van der Waals surface area contributed by atoms with E-state index in [9.17, 15) is 4.39 Å². The fraction of sp³-hybridized carbons (Fsp3) is 0.647. The summed E-state index contributed by atoms with van der Waals surface area (Å²) in [6.07, 6.45) is 2.66. The third-order valence-corrected chi connectivity index (χ3v) is 5.70. The lowest BCUT2D eigenvalue weighted by Gasteiger charge is -2.49. The number of rotatable bonds is 3. The van der Waals surface area contributed by atoms with Crippen LogP contribution in [0.1, 0.15) is 33.6 Å². The van der Waals surface area contributed by atoms with Crippen LogP contribution >= 0.6 is 15.9 Å². The van der Waals surface area contributed by atoms with E-state index in [1.165, 1.54) is 12.8 Å². The standard InChI is InChI=1S/C17H24BrFN2/c1-11(2)16-9-20-17(3,12-4-5-12)10-21(16)13-6-7-15(19)14(18)8-13/h6-8,11-12,16,20H,4-5,9-10H2,1-3H3. The molecule has 2 nitrogen and oxygen atoms in total. The Kier molecular flexibility index (Phi) is 4.04. The van der Waals surface area contributed by atoms with Gasteiger partial charge in [0.25, 0.3) is 0 Å². The van der Waals surface area contributed by atoms with E-state index in [2.05, 4.69) is 46.9 Å². The molecular weight excluding hydrogens is 331 g/mol. The molecule has 1 saturated heterocycles. The van der Waals surface area contributed by atoms with Crippen LogP contribution in [-0.4, -0.2) is 24.7 Å². The Labute approximate surface area is 135 Å². The van der Waals surface area contributed by atoms with Crippen LogP contribution in [0.2, 0.25) is 0 Å². The minimum absolute atomic E-state index is 0.187. The second-order valence-electron chi connectivity index (χ2n) is 7.11. The molecule has 1 heterocycles. The quantitative estimate of drug-likeness (QED) is 0.875. The highest BCUT2D eigenvalue weighted by Crippen LogP contribution is 2.42. The van der Waals surface area contributed by atoms with Gasteiger partial charge in [-0.2, -0.15) is 0 Å². The number of nitrogens with one attached hydrogen (secondary N) is 1. The molecule has 2 fully saturated rings. The van der Waals surface area contributed by atoms with E-state index < -0.39 is 0 Å². The molecule has 1 N–H and O–H groups in total. The molecule has 4 heteroatoms. The fourth-order valence-electron chi connectivity index (χ4n) is 3.51. The normalized spacial score (nSPS) is 30.0. The van der Waals surface area contributed by atoms with Crippen molar-refractivity contribution < 1.29 is 4.39 Å². The Bertz CT molecular complexity index is 530. The van der Waals surface area contributed by atoms with Crippen LogP contribution in [-0.2, 0) is 0 Å². The molecule has 116 valence electrons. The molecule has 0 bridgehead atoms. The van der Waals surface area contributed by atoms with E-state index in [0.717, 1.165) is 24.7 Å². The fourth-order valence-corrected chi connectivity index (χ4v) is 3.88. The van der Waals surface area contributed by atoms with Gasteiger partial charge in [0.05, 0.1) is 4.47 Å². The number of hydrogen-bond donors (Lipinski definition) is 1. The molecule has 0 radical (unpaired) electrons. The van der Waals surface area contributed by atoms with Crippen molar-refractivity contribution in [2.45, 2.75) is 45.2 Å². The van der Waals surface area contributed by atoms with Gasteiger partial charge in [-0.05, 0) is 65.7 Å². The van der Waals surface area contributed by atoms with Gasteiger partial charge in [0.15, 0.2) is 0 Å². The van der Waals surface area contributed by atoms with E-state index in [-0.39, 0.29) is 11.4 Å². The molecule has 1 saturated carbocycles. The summed E-state index contributed by atoms with van der Waals surface area (Å²) in [6, 6.07) is 5.85. The van der Waals surface area contributed by atoms with Crippen molar-refractivity contribution in [3.05, 3.63) is 28.5 Å². The first-order valence-electron chi connectivity index (χ1n) is 7.87. The van der Waals surface area contributed by atoms with Crippen LogP contribution in [0.5, 0.6) is 0 Å². The zero-order valence-electron chi connectivity index (χ0n) is 13.0. The van der Waals surface area contributed by atoms with Crippen molar-refractivity contribution in [3.8, 4) is 0 Å². The molecule has 0 amide bonds. The second kappa shape index (κ2) is 5.54. The topological polar surface area (TPSA) is 15.3 Å². The average Bonchev–Trinajstić information content (AvgIpc) is 3.26. The number of benzene rings is 1. The number of hydrogen-bond acceptors (Lipinski definition) is 2. The molecule has 3 rings (SSSR count). The zero-order chi connectivity index (χ0) is 15.2. The first-order valence-corrected chi connectivity index (χ1v) is 8.67. The summed E-state index contributed by atoms with van der Waals surface area (Å²) in [7, 11) is 0. The molecular formula is C17H24BrFN2. The Morgan fingerprint density at radius 1 is 1.38 bits per heavy atom. The maximum atomic E-state index is 13.5. The summed E-state index contributed by atoms with van der Waals surface area (Å²) in [5, 5.41) is 3.79. The third-order valence-electron chi connectivity index (χ3n) is 5.10. The maximum Gasteiger partial charge on any atom is 0.137 e.